The zero-order chi connectivity index (χ0) is 9.26. The summed E-state index contributed by atoms with van der Waals surface area (Å²) < 4.78 is 0. The quantitative estimate of drug-likeness (QED) is 0.714. The summed E-state index contributed by atoms with van der Waals surface area (Å²) in [5.74, 6) is 0.359. The highest BCUT2D eigenvalue weighted by molar-refractivity contribution is 5.74. The highest BCUT2D eigenvalue weighted by atomic mass is 16.3. The molecule has 1 aliphatic carbocycles. The van der Waals surface area contributed by atoms with Crippen LogP contribution in [0.3, 0.4) is 0 Å². The number of rotatable bonds is 2. The Labute approximate surface area is 77.9 Å². The van der Waals surface area contributed by atoms with Gasteiger partial charge in [0.05, 0.1) is 0 Å². The molecule has 0 aliphatic heterocycles. The molecule has 2 rings (SSSR count). The Kier molecular flexibility index (Phi) is 2.07. The highest BCUT2D eigenvalue weighted by Crippen LogP contribution is 2.29. The van der Waals surface area contributed by atoms with Gasteiger partial charge in [-0.15, -0.1) is 0 Å². The number of fused-ring (bicyclic) bond motifs is 1. The number of aromatic hydroxyl groups is 1. The number of phenols is 1. The third kappa shape index (κ3) is 1.45. The summed E-state index contributed by atoms with van der Waals surface area (Å²) in [7, 11) is 1.94. The van der Waals surface area contributed by atoms with Crippen molar-refractivity contribution in [2.24, 2.45) is 0 Å². The van der Waals surface area contributed by atoms with Crippen molar-refractivity contribution in [3.63, 3.8) is 0 Å². The van der Waals surface area contributed by atoms with Crippen molar-refractivity contribution in [2.75, 3.05) is 13.6 Å². The molecule has 0 amide bonds. The lowest BCUT2D eigenvalue weighted by Crippen LogP contribution is -2.08. The van der Waals surface area contributed by atoms with Gasteiger partial charge in [-0.05, 0) is 42.3 Å². The van der Waals surface area contributed by atoms with Gasteiger partial charge in [-0.25, -0.2) is 0 Å². The average Bonchev–Trinajstić information content (AvgIpc) is 2.49. The van der Waals surface area contributed by atoms with Crippen molar-refractivity contribution in [2.45, 2.75) is 6.42 Å². The number of allylic oxidation sites excluding steroid dienone is 1. The molecule has 0 saturated carbocycles. The van der Waals surface area contributed by atoms with E-state index in [2.05, 4.69) is 11.4 Å². The molecule has 0 spiro atoms. The minimum atomic E-state index is 0.359. The molecule has 0 fully saturated rings. The van der Waals surface area contributed by atoms with Gasteiger partial charge in [0.15, 0.2) is 0 Å². The summed E-state index contributed by atoms with van der Waals surface area (Å²) in [6.45, 7) is 0.901. The molecule has 68 valence electrons. The van der Waals surface area contributed by atoms with E-state index < -0.39 is 0 Å². The topological polar surface area (TPSA) is 32.3 Å². The summed E-state index contributed by atoms with van der Waals surface area (Å²) in [6, 6.07) is 5.57. The van der Waals surface area contributed by atoms with E-state index in [1.807, 2.05) is 19.2 Å². The summed E-state index contributed by atoms with van der Waals surface area (Å²) >= 11 is 0. The Morgan fingerprint density at radius 3 is 3.08 bits per heavy atom. The predicted molar refractivity (Wildman–Crippen MR) is 53.7 cm³/mol. The Morgan fingerprint density at radius 2 is 2.31 bits per heavy atom. The number of phenolic OH excluding ortho intramolecular Hbond substituents is 1. The van der Waals surface area contributed by atoms with Crippen LogP contribution in [0.15, 0.2) is 24.3 Å². The fourth-order valence-corrected chi connectivity index (χ4v) is 1.76. The highest BCUT2D eigenvalue weighted by Gasteiger charge is 2.12. The lowest BCUT2D eigenvalue weighted by atomic mass is 10.1. The predicted octanol–water partition coefficient (Wildman–Crippen LogP) is 1.55. The van der Waals surface area contributed by atoms with Gasteiger partial charge in [0.1, 0.15) is 5.75 Å². The molecule has 0 radical (unpaired) electrons. The maximum absolute atomic E-state index is 9.27. The summed E-state index contributed by atoms with van der Waals surface area (Å²) in [5, 5.41) is 12.4. The van der Waals surface area contributed by atoms with Crippen molar-refractivity contribution in [1.29, 1.82) is 0 Å². The van der Waals surface area contributed by atoms with Crippen molar-refractivity contribution in [1.82, 2.24) is 5.32 Å². The van der Waals surface area contributed by atoms with Crippen LogP contribution in [-0.2, 0) is 6.42 Å². The van der Waals surface area contributed by atoms with Gasteiger partial charge < -0.3 is 10.4 Å². The zero-order valence-electron chi connectivity index (χ0n) is 7.67. The Morgan fingerprint density at radius 1 is 1.46 bits per heavy atom. The number of hydrogen-bond acceptors (Lipinski definition) is 2. The number of nitrogens with one attached hydrogen (secondary N) is 1. The Hall–Kier alpha value is -1.28. The van der Waals surface area contributed by atoms with E-state index in [0.29, 0.717) is 5.75 Å². The van der Waals surface area contributed by atoms with Crippen LogP contribution in [-0.4, -0.2) is 18.7 Å². The van der Waals surface area contributed by atoms with Crippen LogP contribution in [0.25, 0.3) is 5.57 Å². The van der Waals surface area contributed by atoms with Crippen LogP contribution in [0.2, 0.25) is 0 Å². The molecule has 2 N–H and O–H groups in total. The van der Waals surface area contributed by atoms with E-state index in [0.717, 1.165) is 13.0 Å². The number of benzene rings is 1. The summed E-state index contributed by atoms with van der Waals surface area (Å²) in [4.78, 5) is 0. The lowest BCUT2D eigenvalue weighted by Gasteiger charge is -2.04. The third-order valence-corrected chi connectivity index (χ3v) is 2.37. The minimum absolute atomic E-state index is 0.359. The molecule has 0 aromatic heterocycles. The second kappa shape index (κ2) is 3.23. The molecule has 1 aromatic carbocycles. The molecule has 1 aromatic rings. The van der Waals surface area contributed by atoms with Crippen LogP contribution in [0.5, 0.6) is 5.75 Å². The first-order valence-corrected chi connectivity index (χ1v) is 4.47. The minimum Gasteiger partial charge on any atom is -0.508 e. The normalized spacial score (nSPS) is 14.1. The first-order chi connectivity index (χ1) is 6.31. The molecular formula is C11H13NO. The fourth-order valence-electron chi connectivity index (χ4n) is 1.76. The average molecular weight is 175 g/mol. The van der Waals surface area contributed by atoms with E-state index in [9.17, 15) is 5.11 Å². The van der Waals surface area contributed by atoms with Crippen molar-refractivity contribution in [3.8, 4) is 5.75 Å². The number of hydrogen-bond donors (Lipinski definition) is 2. The van der Waals surface area contributed by atoms with Gasteiger partial charge in [0.2, 0.25) is 0 Å². The Balaban J connectivity index is 2.34. The molecule has 0 heterocycles. The molecule has 2 nitrogen and oxygen atoms in total. The van der Waals surface area contributed by atoms with E-state index in [4.69, 9.17) is 0 Å². The first kappa shape index (κ1) is 8.32. The standard InChI is InChI=1S/C11H13NO/c1-12-7-9-3-2-8-6-10(13)4-5-11(8)9/h3-6,12-13H,2,7H2,1H3. The van der Waals surface area contributed by atoms with Crippen molar-refractivity contribution >= 4 is 5.57 Å². The largest absolute Gasteiger partial charge is 0.508 e. The molecule has 0 atom stereocenters. The van der Waals surface area contributed by atoms with Gasteiger partial charge in [0, 0.05) is 6.54 Å². The van der Waals surface area contributed by atoms with Crippen molar-refractivity contribution < 1.29 is 5.11 Å². The van der Waals surface area contributed by atoms with Gasteiger partial charge >= 0.3 is 0 Å². The second-order valence-corrected chi connectivity index (χ2v) is 3.31. The number of likely N-dealkylation sites (N-methyl/N-ethyl adjacent to an activating group) is 1. The molecule has 2 heteroatoms. The molecule has 1 aliphatic rings. The monoisotopic (exact) mass is 175 g/mol. The summed E-state index contributed by atoms with van der Waals surface area (Å²) in [5.41, 5.74) is 3.83. The smallest absolute Gasteiger partial charge is 0.115 e. The molecule has 13 heavy (non-hydrogen) atoms. The van der Waals surface area contributed by atoms with Crippen LogP contribution in [0, 0.1) is 0 Å². The lowest BCUT2D eigenvalue weighted by molar-refractivity contribution is 0.474. The van der Waals surface area contributed by atoms with E-state index in [1.165, 1.54) is 16.7 Å². The van der Waals surface area contributed by atoms with E-state index in [-0.39, 0.29) is 0 Å². The molecule has 0 saturated heterocycles. The second-order valence-electron chi connectivity index (χ2n) is 3.31. The molecule has 0 unspecified atom stereocenters. The van der Waals surface area contributed by atoms with Crippen LogP contribution in [0.4, 0.5) is 0 Å². The first-order valence-electron chi connectivity index (χ1n) is 4.47. The maximum Gasteiger partial charge on any atom is 0.115 e. The van der Waals surface area contributed by atoms with E-state index in [1.54, 1.807) is 6.07 Å². The Bertz CT molecular complexity index is 355. The van der Waals surface area contributed by atoms with Crippen LogP contribution < -0.4 is 5.32 Å². The molecule has 0 bridgehead atoms. The van der Waals surface area contributed by atoms with Gasteiger partial charge in [-0.2, -0.15) is 0 Å². The molecular weight excluding hydrogens is 162 g/mol. The SMILES string of the molecule is CNCC1=CCc2cc(O)ccc21. The van der Waals surface area contributed by atoms with E-state index >= 15 is 0 Å². The summed E-state index contributed by atoms with van der Waals surface area (Å²) in [6.07, 6.45) is 3.15. The van der Waals surface area contributed by atoms with Crippen LogP contribution >= 0.6 is 0 Å². The van der Waals surface area contributed by atoms with Crippen LogP contribution in [0.1, 0.15) is 11.1 Å². The van der Waals surface area contributed by atoms with Gasteiger partial charge in [-0.3, -0.25) is 0 Å². The van der Waals surface area contributed by atoms with Crippen molar-refractivity contribution in [3.05, 3.63) is 35.4 Å². The van der Waals surface area contributed by atoms with Gasteiger partial charge in [0.25, 0.3) is 0 Å². The zero-order valence-corrected chi connectivity index (χ0v) is 7.67. The fraction of sp³-hybridized carbons (Fsp3) is 0.273. The van der Waals surface area contributed by atoms with Gasteiger partial charge in [-0.1, -0.05) is 12.1 Å². The third-order valence-electron chi connectivity index (χ3n) is 2.37. The maximum atomic E-state index is 9.27.